The van der Waals surface area contributed by atoms with Gasteiger partial charge in [0.25, 0.3) is 0 Å². The number of aromatic nitrogens is 2. The number of nitro groups is 1. The number of thiophene rings is 1. The molecule has 2 aromatic rings. The molecule has 0 fully saturated rings. The summed E-state index contributed by atoms with van der Waals surface area (Å²) in [6.07, 6.45) is 1.84. The monoisotopic (exact) mass is 362 g/mol. The number of rotatable bonds is 5. The summed E-state index contributed by atoms with van der Waals surface area (Å²) in [6.45, 7) is 0.529. The van der Waals surface area contributed by atoms with Crippen molar-refractivity contribution in [3.63, 3.8) is 0 Å². The van der Waals surface area contributed by atoms with Crippen molar-refractivity contribution in [1.82, 2.24) is 9.97 Å². The molecular weight excluding hydrogens is 356 g/mol. The first kappa shape index (κ1) is 14.2. The number of nitrogens with one attached hydrogen (secondary N) is 1. The Morgan fingerprint density at radius 3 is 2.95 bits per heavy atom. The van der Waals surface area contributed by atoms with E-state index in [0.717, 1.165) is 16.4 Å². The Morgan fingerprint density at radius 2 is 2.32 bits per heavy atom. The van der Waals surface area contributed by atoms with Gasteiger partial charge in [-0.3, -0.25) is 10.1 Å². The number of halogens is 2. The van der Waals surface area contributed by atoms with E-state index in [1.54, 1.807) is 11.3 Å². The number of hydrogen-bond acceptors (Lipinski definition) is 6. The Bertz CT molecular complexity index is 607. The minimum absolute atomic E-state index is 0.0213. The van der Waals surface area contributed by atoms with Crippen LogP contribution in [0, 0.1) is 10.1 Å². The zero-order chi connectivity index (χ0) is 13.8. The van der Waals surface area contributed by atoms with Crippen molar-refractivity contribution in [3.05, 3.63) is 42.4 Å². The molecule has 0 saturated carbocycles. The van der Waals surface area contributed by atoms with Gasteiger partial charge < -0.3 is 5.32 Å². The first-order chi connectivity index (χ1) is 9.06. The van der Waals surface area contributed by atoms with E-state index in [9.17, 15) is 10.1 Å². The molecule has 100 valence electrons. The Balaban J connectivity index is 2.02. The van der Waals surface area contributed by atoms with Crippen LogP contribution < -0.4 is 5.32 Å². The van der Waals surface area contributed by atoms with Crippen LogP contribution in [0.15, 0.2) is 22.1 Å². The van der Waals surface area contributed by atoms with Crippen LogP contribution in [0.3, 0.4) is 0 Å². The molecule has 9 heteroatoms. The summed E-state index contributed by atoms with van der Waals surface area (Å²) in [5, 5.41) is 13.7. The molecule has 0 radical (unpaired) electrons. The lowest BCUT2D eigenvalue weighted by atomic mass is 10.3. The Kier molecular flexibility index (Phi) is 4.67. The maximum absolute atomic E-state index is 10.8. The van der Waals surface area contributed by atoms with Crippen LogP contribution in [0.25, 0.3) is 0 Å². The van der Waals surface area contributed by atoms with Crippen LogP contribution in [-0.4, -0.2) is 21.4 Å². The Hall–Kier alpha value is -1.25. The average Bonchev–Trinajstić information content (AvgIpc) is 2.75. The molecule has 2 rings (SSSR count). The van der Waals surface area contributed by atoms with Gasteiger partial charge in [0, 0.05) is 11.4 Å². The van der Waals surface area contributed by atoms with Crippen LogP contribution >= 0.6 is 38.9 Å². The van der Waals surface area contributed by atoms with Gasteiger partial charge in [0.1, 0.15) is 6.20 Å². The van der Waals surface area contributed by atoms with Crippen molar-refractivity contribution in [2.75, 3.05) is 11.9 Å². The fourth-order valence-corrected chi connectivity index (χ4v) is 3.02. The number of anilines is 1. The predicted molar refractivity (Wildman–Crippen MR) is 77.9 cm³/mol. The second-order valence-corrected chi connectivity index (χ2v) is 6.40. The molecule has 0 amide bonds. The molecule has 2 heterocycles. The average molecular weight is 364 g/mol. The highest BCUT2D eigenvalue weighted by atomic mass is 79.9. The highest BCUT2D eigenvalue weighted by Gasteiger charge is 2.16. The van der Waals surface area contributed by atoms with Gasteiger partial charge in [-0.2, -0.15) is 4.98 Å². The fraction of sp³-hybridized carbons (Fsp3) is 0.200. The molecule has 0 saturated heterocycles. The van der Waals surface area contributed by atoms with Crippen LogP contribution in [-0.2, 0) is 6.42 Å². The summed E-state index contributed by atoms with van der Waals surface area (Å²) in [7, 11) is 0. The second kappa shape index (κ2) is 6.27. The lowest BCUT2D eigenvalue weighted by Gasteiger charge is -2.05. The Morgan fingerprint density at radius 1 is 1.53 bits per heavy atom. The van der Waals surface area contributed by atoms with Gasteiger partial charge in [-0.25, -0.2) is 4.98 Å². The highest BCUT2D eigenvalue weighted by Crippen LogP contribution is 2.24. The van der Waals surface area contributed by atoms with Gasteiger partial charge in [0.2, 0.25) is 11.1 Å². The predicted octanol–water partition coefficient (Wildman–Crippen LogP) is 3.52. The molecule has 0 spiro atoms. The molecule has 19 heavy (non-hydrogen) atoms. The second-order valence-electron chi connectivity index (χ2n) is 3.51. The van der Waals surface area contributed by atoms with E-state index in [1.807, 2.05) is 12.1 Å². The molecule has 0 atom stereocenters. The summed E-state index contributed by atoms with van der Waals surface area (Å²) < 4.78 is 1.05. The van der Waals surface area contributed by atoms with Gasteiger partial charge in [-0.05, 0) is 46.1 Å². The van der Waals surface area contributed by atoms with Gasteiger partial charge in [-0.15, -0.1) is 11.3 Å². The molecule has 0 aromatic carbocycles. The zero-order valence-electron chi connectivity index (χ0n) is 9.47. The van der Waals surface area contributed by atoms with Crippen LogP contribution in [0.2, 0.25) is 5.28 Å². The van der Waals surface area contributed by atoms with E-state index in [-0.39, 0.29) is 16.8 Å². The first-order valence-electron chi connectivity index (χ1n) is 5.21. The summed E-state index contributed by atoms with van der Waals surface area (Å²) >= 11 is 10.6. The summed E-state index contributed by atoms with van der Waals surface area (Å²) in [5.74, 6) is 0.139. The molecule has 0 aliphatic carbocycles. The zero-order valence-corrected chi connectivity index (χ0v) is 12.6. The van der Waals surface area contributed by atoms with Crippen molar-refractivity contribution in [1.29, 1.82) is 0 Å². The molecule has 0 unspecified atom stereocenters. The summed E-state index contributed by atoms with van der Waals surface area (Å²) in [5.41, 5.74) is -0.184. The van der Waals surface area contributed by atoms with Crippen LogP contribution in [0.5, 0.6) is 0 Å². The number of hydrogen-bond donors (Lipinski definition) is 1. The minimum atomic E-state index is -0.541. The SMILES string of the molecule is O=[N+]([O-])c1cnc(Cl)nc1NCCc1ccc(Br)s1. The van der Waals surface area contributed by atoms with Gasteiger partial charge in [-0.1, -0.05) is 0 Å². The van der Waals surface area contributed by atoms with Crippen molar-refractivity contribution < 1.29 is 4.92 Å². The van der Waals surface area contributed by atoms with Crippen molar-refractivity contribution in [3.8, 4) is 0 Å². The summed E-state index contributed by atoms with van der Waals surface area (Å²) in [4.78, 5) is 18.9. The smallest absolute Gasteiger partial charge is 0.329 e. The van der Waals surface area contributed by atoms with Crippen LogP contribution in [0.1, 0.15) is 4.88 Å². The maximum atomic E-state index is 10.8. The molecule has 0 aliphatic heterocycles. The lowest BCUT2D eigenvalue weighted by molar-refractivity contribution is -0.384. The summed E-state index contributed by atoms with van der Waals surface area (Å²) in [6, 6.07) is 3.96. The standard InChI is InChI=1S/C10H8BrClN4O2S/c11-8-2-1-6(19-8)3-4-13-9-7(16(17)18)5-14-10(12)15-9/h1-2,5H,3-4H2,(H,13,14,15). The van der Waals surface area contributed by atoms with Gasteiger partial charge in [0.15, 0.2) is 0 Å². The molecule has 0 aliphatic rings. The number of nitrogens with zero attached hydrogens (tertiary/aromatic N) is 3. The van der Waals surface area contributed by atoms with E-state index in [0.29, 0.717) is 6.54 Å². The molecule has 1 N–H and O–H groups in total. The normalized spacial score (nSPS) is 10.4. The molecule has 2 aromatic heterocycles. The Labute approximate surface area is 126 Å². The van der Waals surface area contributed by atoms with Crippen molar-refractivity contribution in [2.24, 2.45) is 0 Å². The first-order valence-corrected chi connectivity index (χ1v) is 7.20. The van der Waals surface area contributed by atoms with E-state index in [1.165, 1.54) is 4.88 Å². The van der Waals surface area contributed by atoms with Crippen molar-refractivity contribution >= 4 is 50.4 Å². The van der Waals surface area contributed by atoms with Crippen molar-refractivity contribution in [2.45, 2.75) is 6.42 Å². The van der Waals surface area contributed by atoms with E-state index < -0.39 is 4.92 Å². The molecule has 0 bridgehead atoms. The van der Waals surface area contributed by atoms with Gasteiger partial charge >= 0.3 is 5.69 Å². The third kappa shape index (κ3) is 3.85. The van der Waals surface area contributed by atoms with E-state index in [4.69, 9.17) is 11.6 Å². The molecular formula is C10H8BrClN4O2S. The third-order valence-corrected chi connectivity index (χ3v) is 4.09. The van der Waals surface area contributed by atoms with Gasteiger partial charge in [0.05, 0.1) is 8.71 Å². The third-order valence-electron chi connectivity index (χ3n) is 2.23. The largest absolute Gasteiger partial charge is 0.364 e. The highest BCUT2D eigenvalue weighted by molar-refractivity contribution is 9.11. The quantitative estimate of drug-likeness (QED) is 0.499. The lowest BCUT2D eigenvalue weighted by Crippen LogP contribution is -2.08. The minimum Gasteiger partial charge on any atom is -0.364 e. The van der Waals surface area contributed by atoms with E-state index >= 15 is 0 Å². The maximum Gasteiger partial charge on any atom is 0.329 e. The van der Waals surface area contributed by atoms with E-state index in [2.05, 4.69) is 31.2 Å². The topological polar surface area (TPSA) is 81.0 Å². The molecule has 6 nitrogen and oxygen atoms in total. The van der Waals surface area contributed by atoms with Crippen LogP contribution in [0.4, 0.5) is 11.5 Å². The fourth-order valence-electron chi connectivity index (χ4n) is 1.41.